The third-order valence-electron chi connectivity index (χ3n) is 4.38. The zero-order valence-corrected chi connectivity index (χ0v) is 13.0. The van der Waals surface area contributed by atoms with Gasteiger partial charge in [0, 0.05) is 16.3 Å². The predicted octanol–water partition coefficient (Wildman–Crippen LogP) is 3.99. The Labute approximate surface area is 117 Å². The summed E-state index contributed by atoms with van der Waals surface area (Å²) in [7, 11) is 0. The van der Waals surface area contributed by atoms with Gasteiger partial charge in [-0.15, -0.1) is 0 Å². The van der Waals surface area contributed by atoms with Crippen LogP contribution in [0.1, 0.15) is 37.8 Å². The standard InChI is InChI=1S/C15H21BrO2/c1-5-15(4)12(17)8-13(15)18-11-6-9(2)14(16)10(3)7-11/h6-7,12-13,17H,5,8H2,1-4H3. The van der Waals surface area contributed by atoms with E-state index in [2.05, 4.69) is 55.8 Å². The van der Waals surface area contributed by atoms with Gasteiger partial charge in [-0.3, -0.25) is 0 Å². The first-order valence-electron chi connectivity index (χ1n) is 6.50. The number of ether oxygens (including phenoxy) is 1. The van der Waals surface area contributed by atoms with Crippen molar-refractivity contribution in [3.63, 3.8) is 0 Å². The van der Waals surface area contributed by atoms with Gasteiger partial charge in [-0.2, -0.15) is 0 Å². The average Bonchev–Trinajstić information content (AvgIpc) is 2.34. The number of rotatable bonds is 3. The molecule has 0 aliphatic heterocycles. The van der Waals surface area contributed by atoms with Crippen molar-refractivity contribution < 1.29 is 9.84 Å². The Morgan fingerprint density at radius 3 is 2.39 bits per heavy atom. The molecule has 1 fully saturated rings. The van der Waals surface area contributed by atoms with E-state index in [-0.39, 0.29) is 17.6 Å². The van der Waals surface area contributed by atoms with Crippen molar-refractivity contribution in [2.45, 2.75) is 52.7 Å². The molecule has 0 amide bonds. The van der Waals surface area contributed by atoms with Crippen LogP contribution in [0, 0.1) is 19.3 Å². The molecule has 3 heteroatoms. The molecule has 1 aromatic carbocycles. The lowest BCUT2D eigenvalue weighted by Crippen LogP contribution is -2.57. The molecule has 2 rings (SSSR count). The normalized spacial score (nSPS) is 31.0. The van der Waals surface area contributed by atoms with Gasteiger partial charge in [-0.25, -0.2) is 0 Å². The number of hydrogen-bond acceptors (Lipinski definition) is 2. The molecule has 3 unspecified atom stereocenters. The highest BCUT2D eigenvalue weighted by Gasteiger charge is 2.51. The third-order valence-corrected chi connectivity index (χ3v) is 5.64. The second-order valence-electron chi connectivity index (χ2n) is 5.59. The summed E-state index contributed by atoms with van der Waals surface area (Å²) in [6.45, 7) is 8.35. The molecule has 0 aromatic heterocycles. The molecule has 18 heavy (non-hydrogen) atoms. The van der Waals surface area contributed by atoms with Gasteiger partial charge in [0.2, 0.25) is 0 Å². The number of aryl methyl sites for hydroxylation is 2. The Kier molecular flexibility index (Phi) is 3.75. The average molecular weight is 313 g/mol. The van der Waals surface area contributed by atoms with Gasteiger partial charge < -0.3 is 9.84 Å². The molecule has 1 saturated carbocycles. The quantitative estimate of drug-likeness (QED) is 0.914. The van der Waals surface area contributed by atoms with Crippen LogP contribution in [0.3, 0.4) is 0 Å². The van der Waals surface area contributed by atoms with E-state index in [0.717, 1.165) is 23.1 Å². The summed E-state index contributed by atoms with van der Waals surface area (Å²) in [6, 6.07) is 4.11. The van der Waals surface area contributed by atoms with Gasteiger partial charge in [0.05, 0.1) is 6.10 Å². The maximum Gasteiger partial charge on any atom is 0.120 e. The van der Waals surface area contributed by atoms with Crippen molar-refractivity contribution in [2.75, 3.05) is 0 Å². The van der Waals surface area contributed by atoms with Crippen LogP contribution in [0.15, 0.2) is 16.6 Å². The van der Waals surface area contributed by atoms with Crippen molar-refractivity contribution in [2.24, 2.45) is 5.41 Å². The molecule has 1 aliphatic rings. The number of aliphatic hydroxyl groups is 1. The number of hydrogen-bond donors (Lipinski definition) is 1. The largest absolute Gasteiger partial charge is 0.490 e. The highest BCUT2D eigenvalue weighted by atomic mass is 79.9. The fraction of sp³-hybridized carbons (Fsp3) is 0.600. The van der Waals surface area contributed by atoms with E-state index in [1.165, 1.54) is 11.1 Å². The Balaban J connectivity index is 2.16. The second kappa shape index (κ2) is 4.86. The van der Waals surface area contributed by atoms with E-state index in [1.54, 1.807) is 0 Å². The van der Waals surface area contributed by atoms with Crippen LogP contribution in [0.2, 0.25) is 0 Å². The van der Waals surface area contributed by atoms with E-state index in [4.69, 9.17) is 4.74 Å². The lowest BCUT2D eigenvalue weighted by atomic mass is 9.63. The Bertz CT molecular complexity index is 435. The van der Waals surface area contributed by atoms with Gasteiger partial charge in [-0.1, -0.05) is 29.8 Å². The van der Waals surface area contributed by atoms with Crippen LogP contribution in [-0.4, -0.2) is 17.3 Å². The molecule has 0 heterocycles. The molecule has 0 saturated heterocycles. The summed E-state index contributed by atoms with van der Waals surface area (Å²) in [5.41, 5.74) is 2.26. The van der Waals surface area contributed by atoms with Crippen LogP contribution >= 0.6 is 15.9 Å². The van der Waals surface area contributed by atoms with Crippen molar-refractivity contribution in [1.29, 1.82) is 0 Å². The predicted molar refractivity (Wildman–Crippen MR) is 77.1 cm³/mol. The van der Waals surface area contributed by atoms with Crippen LogP contribution < -0.4 is 4.74 Å². The lowest BCUT2D eigenvalue weighted by molar-refractivity contribution is -0.147. The van der Waals surface area contributed by atoms with Gasteiger partial charge in [0.1, 0.15) is 11.9 Å². The summed E-state index contributed by atoms with van der Waals surface area (Å²) >= 11 is 3.56. The van der Waals surface area contributed by atoms with Crippen molar-refractivity contribution in [3.8, 4) is 5.75 Å². The Hall–Kier alpha value is -0.540. The topological polar surface area (TPSA) is 29.5 Å². The molecule has 2 nitrogen and oxygen atoms in total. The molecule has 3 atom stereocenters. The number of halogens is 1. The monoisotopic (exact) mass is 312 g/mol. The van der Waals surface area contributed by atoms with Crippen LogP contribution in [0.25, 0.3) is 0 Å². The minimum Gasteiger partial charge on any atom is -0.490 e. The second-order valence-corrected chi connectivity index (χ2v) is 6.38. The summed E-state index contributed by atoms with van der Waals surface area (Å²) in [4.78, 5) is 0. The van der Waals surface area contributed by atoms with Crippen LogP contribution in [0.4, 0.5) is 0 Å². The van der Waals surface area contributed by atoms with Crippen molar-refractivity contribution in [1.82, 2.24) is 0 Å². The molecule has 0 spiro atoms. The highest BCUT2D eigenvalue weighted by Crippen LogP contribution is 2.46. The fourth-order valence-corrected chi connectivity index (χ4v) is 2.81. The maximum atomic E-state index is 9.88. The molecular formula is C15H21BrO2. The molecule has 1 aromatic rings. The third kappa shape index (κ3) is 2.19. The molecule has 100 valence electrons. The van der Waals surface area contributed by atoms with Crippen molar-refractivity contribution in [3.05, 3.63) is 27.7 Å². The van der Waals surface area contributed by atoms with Gasteiger partial charge in [-0.05, 0) is 43.5 Å². The minimum absolute atomic E-state index is 0.102. The molecule has 0 bridgehead atoms. The zero-order valence-electron chi connectivity index (χ0n) is 11.5. The van der Waals surface area contributed by atoms with E-state index >= 15 is 0 Å². The summed E-state index contributed by atoms with van der Waals surface area (Å²) in [6.07, 6.45) is 1.56. The smallest absolute Gasteiger partial charge is 0.120 e. The van der Waals surface area contributed by atoms with Crippen LogP contribution in [-0.2, 0) is 0 Å². The molecule has 1 aliphatic carbocycles. The fourth-order valence-electron chi connectivity index (χ4n) is 2.58. The SMILES string of the molecule is CCC1(C)C(O)CC1Oc1cc(C)c(Br)c(C)c1. The highest BCUT2D eigenvalue weighted by molar-refractivity contribution is 9.10. The molecule has 0 radical (unpaired) electrons. The number of benzene rings is 1. The number of aliphatic hydroxyl groups excluding tert-OH is 1. The Morgan fingerprint density at radius 1 is 1.39 bits per heavy atom. The summed E-state index contributed by atoms with van der Waals surface area (Å²) in [5.74, 6) is 0.907. The first-order chi connectivity index (χ1) is 8.38. The lowest BCUT2D eigenvalue weighted by Gasteiger charge is -2.50. The first-order valence-corrected chi connectivity index (χ1v) is 7.29. The maximum absolute atomic E-state index is 9.88. The van der Waals surface area contributed by atoms with E-state index in [1.807, 2.05) is 0 Å². The summed E-state index contributed by atoms with van der Waals surface area (Å²) in [5, 5.41) is 9.88. The minimum atomic E-state index is -0.231. The van der Waals surface area contributed by atoms with Gasteiger partial charge in [0.25, 0.3) is 0 Å². The zero-order chi connectivity index (χ0) is 13.5. The van der Waals surface area contributed by atoms with E-state index < -0.39 is 0 Å². The van der Waals surface area contributed by atoms with E-state index in [0.29, 0.717) is 0 Å². The van der Waals surface area contributed by atoms with Crippen molar-refractivity contribution >= 4 is 15.9 Å². The Morgan fingerprint density at radius 2 is 1.94 bits per heavy atom. The molecular weight excluding hydrogens is 292 g/mol. The summed E-state index contributed by atoms with van der Waals surface area (Å²) < 4.78 is 7.20. The molecule has 1 N–H and O–H groups in total. The van der Waals surface area contributed by atoms with Crippen LogP contribution in [0.5, 0.6) is 5.75 Å². The van der Waals surface area contributed by atoms with Gasteiger partial charge >= 0.3 is 0 Å². The van der Waals surface area contributed by atoms with E-state index in [9.17, 15) is 5.11 Å². The van der Waals surface area contributed by atoms with Gasteiger partial charge in [0.15, 0.2) is 0 Å². The first kappa shape index (κ1) is 13.9.